The smallest absolute Gasteiger partial charge is 0.109 e. The first-order valence-electron chi connectivity index (χ1n) is 6.39. The molecular formula is C16H21FN2. The number of allylic oxidation sites excluding steroid dienone is 3. The Morgan fingerprint density at radius 3 is 2.63 bits per heavy atom. The quantitative estimate of drug-likeness (QED) is 0.749. The Bertz CT molecular complexity index is 457. The molecule has 0 fully saturated rings. The summed E-state index contributed by atoms with van der Waals surface area (Å²) < 4.78 is 12.2. The summed E-state index contributed by atoms with van der Waals surface area (Å²) in [6.07, 6.45) is 3.44. The molecule has 1 aromatic carbocycles. The third-order valence-corrected chi connectivity index (χ3v) is 2.65. The van der Waals surface area contributed by atoms with Crippen molar-refractivity contribution in [3.8, 4) is 0 Å². The fraction of sp³-hybridized carbons (Fsp3) is 0.312. The van der Waals surface area contributed by atoms with Crippen LogP contribution in [0.15, 0.2) is 59.2 Å². The highest BCUT2D eigenvalue weighted by atomic mass is 19.1. The molecule has 0 aliphatic carbocycles. The molecule has 0 aliphatic rings. The highest BCUT2D eigenvalue weighted by Gasteiger charge is 2.03. The summed E-state index contributed by atoms with van der Waals surface area (Å²) in [5, 5.41) is 0. The number of nitrogens with two attached hydrogens (primary N) is 1. The van der Waals surface area contributed by atoms with Crippen molar-refractivity contribution in [3.63, 3.8) is 0 Å². The number of hydrogen-bond acceptors (Lipinski definition) is 2. The normalized spacial score (nSPS) is 12.5. The van der Waals surface area contributed by atoms with Gasteiger partial charge in [-0.3, -0.25) is 4.99 Å². The summed E-state index contributed by atoms with van der Waals surface area (Å²) in [5.74, 6) is 0. The van der Waals surface area contributed by atoms with E-state index in [1.165, 1.54) is 5.56 Å². The van der Waals surface area contributed by atoms with Gasteiger partial charge in [0.25, 0.3) is 0 Å². The maximum atomic E-state index is 12.2. The molecule has 1 rings (SSSR count). The minimum absolute atomic E-state index is 0.156. The second kappa shape index (κ2) is 8.25. The van der Waals surface area contributed by atoms with Gasteiger partial charge in [-0.2, -0.15) is 0 Å². The second-order valence-corrected chi connectivity index (χ2v) is 4.43. The Morgan fingerprint density at radius 2 is 2.05 bits per heavy atom. The molecule has 0 spiro atoms. The largest absolute Gasteiger partial charge is 0.402 e. The lowest BCUT2D eigenvalue weighted by Crippen LogP contribution is -2.05. The van der Waals surface area contributed by atoms with Crippen molar-refractivity contribution in [3.05, 3.63) is 59.8 Å². The van der Waals surface area contributed by atoms with Gasteiger partial charge in [0.15, 0.2) is 0 Å². The van der Waals surface area contributed by atoms with E-state index in [1.54, 1.807) is 13.0 Å². The van der Waals surface area contributed by atoms with Crippen LogP contribution in [0.5, 0.6) is 0 Å². The average molecular weight is 260 g/mol. The highest BCUT2D eigenvalue weighted by Crippen LogP contribution is 2.10. The van der Waals surface area contributed by atoms with Crippen molar-refractivity contribution in [2.24, 2.45) is 10.7 Å². The van der Waals surface area contributed by atoms with E-state index in [0.717, 1.165) is 18.4 Å². The molecule has 3 heteroatoms. The summed E-state index contributed by atoms with van der Waals surface area (Å²) >= 11 is 0. The molecule has 2 N–H and O–H groups in total. The van der Waals surface area contributed by atoms with E-state index in [1.807, 2.05) is 18.2 Å². The van der Waals surface area contributed by atoms with E-state index in [0.29, 0.717) is 11.4 Å². The van der Waals surface area contributed by atoms with E-state index in [4.69, 9.17) is 5.73 Å². The number of hydrogen-bond donors (Lipinski definition) is 1. The highest BCUT2D eigenvalue weighted by molar-refractivity contribution is 6.08. The zero-order valence-corrected chi connectivity index (χ0v) is 11.4. The topological polar surface area (TPSA) is 38.4 Å². The van der Waals surface area contributed by atoms with Gasteiger partial charge in [0.2, 0.25) is 0 Å². The van der Waals surface area contributed by atoms with E-state index in [-0.39, 0.29) is 6.54 Å². The van der Waals surface area contributed by atoms with E-state index in [9.17, 15) is 4.39 Å². The fourth-order valence-corrected chi connectivity index (χ4v) is 1.71. The molecule has 0 aromatic heterocycles. The number of rotatable bonds is 7. The molecule has 19 heavy (non-hydrogen) atoms. The standard InChI is InChI=1S/C16H21FN2/c1-13(8-9-15-6-4-3-5-7-15)16(12-14(2)18)19-11-10-17/h3-7,12H,1,8-11,18H2,2H3. The van der Waals surface area contributed by atoms with Crippen molar-refractivity contribution >= 4 is 5.71 Å². The molecule has 0 bridgehead atoms. The Hall–Kier alpha value is -1.90. The van der Waals surface area contributed by atoms with Gasteiger partial charge >= 0.3 is 0 Å². The predicted molar refractivity (Wildman–Crippen MR) is 80.1 cm³/mol. The summed E-state index contributed by atoms with van der Waals surface area (Å²) in [6.45, 7) is 5.50. The molecule has 0 unspecified atom stereocenters. The third kappa shape index (κ3) is 6.00. The Kier molecular flexibility index (Phi) is 6.58. The summed E-state index contributed by atoms with van der Waals surface area (Å²) in [6, 6.07) is 10.2. The molecule has 102 valence electrons. The number of aliphatic imine (C=N–C) groups is 1. The molecule has 1 aromatic rings. The lowest BCUT2D eigenvalue weighted by Gasteiger charge is -2.07. The second-order valence-electron chi connectivity index (χ2n) is 4.43. The van der Waals surface area contributed by atoms with Crippen LogP contribution < -0.4 is 5.73 Å². The first-order chi connectivity index (χ1) is 9.13. The van der Waals surface area contributed by atoms with E-state index in [2.05, 4.69) is 23.7 Å². The summed E-state index contributed by atoms with van der Waals surface area (Å²) in [4.78, 5) is 4.18. The van der Waals surface area contributed by atoms with Crippen molar-refractivity contribution < 1.29 is 4.39 Å². The van der Waals surface area contributed by atoms with Crippen LogP contribution in [0, 0.1) is 0 Å². The molecule has 0 aliphatic heterocycles. The van der Waals surface area contributed by atoms with Crippen LogP contribution in [0.1, 0.15) is 18.9 Å². The van der Waals surface area contributed by atoms with Gasteiger partial charge in [0.1, 0.15) is 6.67 Å². The van der Waals surface area contributed by atoms with Crippen LogP contribution >= 0.6 is 0 Å². The van der Waals surface area contributed by atoms with Crippen LogP contribution in [-0.2, 0) is 6.42 Å². The van der Waals surface area contributed by atoms with Crippen LogP contribution in [0.4, 0.5) is 4.39 Å². The zero-order valence-electron chi connectivity index (χ0n) is 11.4. The minimum atomic E-state index is -0.465. The summed E-state index contributed by atoms with van der Waals surface area (Å²) in [7, 11) is 0. The molecular weight excluding hydrogens is 239 g/mol. The fourth-order valence-electron chi connectivity index (χ4n) is 1.71. The van der Waals surface area contributed by atoms with Gasteiger partial charge in [-0.15, -0.1) is 0 Å². The third-order valence-electron chi connectivity index (χ3n) is 2.65. The maximum absolute atomic E-state index is 12.2. The monoisotopic (exact) mass is 260 g/mol. The first kappa shape index (κ1) is 15.2. The number of benzene rings is 1. The van der Waals surface area contributed by atoms with Gasteiger partial charge in [-0.25, -0.2) is 4.39 Å². The van der Waals surface area contributed by atoms with Crippen molar-refractivity contribution in [1.82, 2.24) is 0 Å². The Labute approximate surface area is 114 Å². The zero-order chi connectivity index (χ0) is 14.1. The number of halogens is 1. The van der Waals surface area contributed by atoms with E-state index < -0.39 is 6.67 Å². The SMILES string of the molecule is C=C(CCc1ccccc1)C(C=C(C)N)=NCCF. The van der Waals surface area contributed by atoms with Crippen LogP contribution in [-0.4, -0.2) is 18.9 Å². The lowest BCUT2D eigenvalue weighted by molar-refractivity contribution is 0.505. The molecule has 0 amide bonds. The van der Waals surface area contributed by atoms with Gasteiger partial charge in [0, 0.05) is 5.70 Å². The van der Waals surface area contributed by atoms with Gasteiger partial charge in [-0.05, 0) is 37.0 Å². The molecule has 0 radical (unpaired) electrons. The van der Waals surface area contributed by atoms with Crippen LogP contribution in [0.3, 0.4) is 0 Å². The van der Waals surface area contributed by atoms with Gasteiger partial charge in [-0.1, -0.05) is 36.9 Å². The molecule has 0 saturated heterocycles. The molecule has 0 heterocycles. The minimum Gasteiger partial charge on any atom is -0.402 e. The van der Waals surface area contributed by atoms with Gasteiger partial charge < -0.3 is 5.73 Å². The Morgan fingerprint density at radius 1 is 1.37 bits per heavy atom. The first-order valence-corrected chi connectivity index (χ1v) is 6.39. The van der Waals surface area contributed by atoms with Gasteiger partial charge in [0.05, 0.1) is 12.3 Å². The molecule has 0 atom stereocenters. The Balaban J connectivity index is 2.65. The molecule has 2 nitrogen and oxygen atoms in total. The van der Waals surface area contributed by atoms with Crippen molar-refractivity contribution in [2.45, 2.75) is 19.8 Å². The maximum Gasteiger partial charge on any atom is 0.109 e. The number of aryl methyl sites for hydroxylation is 1. The number of nitrogens with zero attached hydrogens (tertiary/aromatic N) is 1. The number of alkyl halides is 1. The lowest BCUT2D eigenvalue weighted by atomic mass is 10.0. The predicted octanol–water partition coefficient (Wildman–Crippen LogP) is 3.45. The molecule has 0 saturated carbocycles. The van der Waals surface area contributed by atoms with Crippen molar-refractivity contribution in [2.75, 3.05) is 13.2 Å². The van der Waals surface area contributed by atoms with Crippen molar-refractivity contribution in [1.29, 1.82) is 0 Å². The summed E-state index contributed by atoms with van der Waals surface area (Å²) in [5.41, 5.74) is 9.15. The van der Waals surface area contributed by atoms with Crippen LogP contribution in [0.25, 0.3) is 0 Å². The van der Waals surface area contributed by atoms with Crippen LogP contribution in [0.2, 0.25) is 0 Å². The average Bonchev–Trinajstić information content (AvgIpc) is 2.41. The van der Waals surface area contributed by atoms with E-state index >= 15 is 0 Å².